The van der Waals surface area contributed by atoms with Crippen molar-refractivity contribution in [2.24, 2.45) is 0 Å². The Morgan fingerprint density at radius 2 is 1.60 bits per heavy atom. The van der Waals surface area contributed by atoms with Crippen LogP contribution in [-0.2, 0) is 6.42 Å². The number of ether oxygens (including phenoxy) is 1. The first-order valence-corrected chi connectivity index (χ1v) is 11.6. The number of hydrogen-bond acceptors (Lipinski definition) is 8. The maximum absolute atomic E-state index is 12.5. The van der Waals surface area contributed by atoms with Gasteiger partial charge in [0.1, 0.15) is 11.8 Å². The first kappa shape index (κ1) is 22.5. The molecule has 1 saturated heterocycles. The van der Waals surface area contributed by atoms with Crippen LogP contribution in [0.3, 0.4) is 0 Å². The number of anilines is 2. The second-order valence-corrected chi connectivity index (χ2v) is 8.46. The molecular weight excluding hydrogens is 446 g/mol. The molecule has 5 rings (SSSR count). The third-order valence-corrected chi connectivity index (χ3v) is 6.41. The average molecular weight is 472 g/mol. The van der Waals surface area contributed by atoms with Gasteiger partial charge in [-0.1, -0.05) is 12.1 Å². The Morgan fingerprint density at radius 1 is 0.971 bits per heavy atom. The van der Waals surface area contributed by atoms with Gasteiger partial charge in [0.15, 0.2) is 5.89 Å². The molecule has 2 aromatic carbocycles. The molecule has 0 bridgehead atoms. The van der Waals surface area contributed by atoms with Crippen LogP contribution in [0.1, 0.15) is 38.7 Å². The smallest absolute Gasteiger partial charge is 0.261 e. The number of imide groups is 1. The highest BCUT2D eigenvalue weighted by atomic mass is 16.5. The number of nitrogens with zero attached hydrogens (tertiary/aromatic N) is 5. The average Bonchev–Trinajstić information content (AvgIpc) is 3.43. The fourth-order valence-corrected chi connectivity index (χ4v) is 4.54. The number of methoxy groups -OCH3 is 1. The minimum atomic E-state index is -0.272. The molecule has 0 aliphatic carbocycles. The van der Waals surface area contributed by atoms with Crippen LogP contribution >= 0.6 is 0 Å². The molecule has 0 spiro atoms. The number of aryl methyl sites for hydroxylation is 1. The molecule has 0 radical (unpaired) electrons. The molecule has 1 aromatic heterocycles. The lowest BCUT2D eigenvalue weighted by atomic mass is 10.1. The van der Waals surface area contributed by atoms with Crippen LogP contribution in [0.25, 0.3) is 0 Å². The van der Waals surface area contributed by atoms with E-state index in [1.165, 1.54) is 4.90 Å². The number of nitriles is 1. The first-order chi connectivity index (χ1) is 17.1. The minimum absolute atomic E-state index is 0.263. The van der Waals surface area contributed by atoms with E-state index in [-0.39, 0.29) is 24.1 Å². The monoisotopic (exact) mass is 471 g/mol. The molecule has 2 aliphatic heterocycles. The normalized spacial score (nSPS) is 15.4. The lowest BCUT2D eigenvalue weighted by molar-refractivity contribution is 0.0651. The number of carbonyl (C=O) groups is 2. The lowest BCUT2D eigenvalue weighted by Gasteiger charge is -2.35. The zero-order chi connectivity index (χ0) is 24.4. The topological polar surface area (TPSA) is 103 Å². The summed E-state index contributed by atoms with van der Waals surface area (Å²) in [6.45, 7) is 3.24. The third-order valence-electron chi connectivity index (χ3n) is 6.41. The standard InChI is InChI=1S/C26H25N5O4/c1-34-19-10-8-18(9-11-19)29-13-15-30(16-14-29)26-22(17-27)28-23(35-26)7-4-12-31-24(32)20-5-2-3-6-21(20)25(31)33/h2-3,5-6,8-11H,4,7,12-16H2,1H3. The summed E-state index contributed by atoms with van der Waals surface area (Å²) >= 11 is 0. The molecule has 3 heterocycles. The highest BCUT2D eigenvalue weighted by Crippen LogP contribution is 2.27. The maximum Gasteiger partial charge on any atom is 0.261 e. The molecule has 0 saturated carbocycles. The van der Waals surface area contributed by atoms with E-state index in [2.05, 4.69) is 16.0 Å². The largest absolute Gasteiger partial charge is 0.497 e. The van der Waals surface area contributed by atoms with Gasteiger partial charge in [0.25, 0.3) is 11.8 Å². The summed E-state index contributed by atoms with van der Waals surface area (Å²) in [4.78, 5) is 35.0. The van der Waals surface area contributed by atoms with Gasteiger partial charge in [0.05, 0.1) is 18.2 Å². The van der Waals surface area contributed by atoms with E-state index in [1.807, 2.05) is 29.2 Å². The molecule has 3 aromatic rings. The number of carbonyl (C=O) groups excluding carboxylic acids is 2. The number of amides is 2. The van der Waals surface area contributed by atoms with Crippen LogP contribution in [0.4, 0.5) is 11.6 Å². The second-order valence-electron chi connectivity index (χ2n) is 8.46. The highest BCUT2D eigenvalue weighted by Gasteiger charge is 2.34. The van der Waals surface area contributed by atoms with Crippen LogP contribution in [0.15, 0.2) is 52.9 Å². The number of aromatic nitrogens is 1. The summed E-state index contributed by atoms with van der Waals surface area (Å²) in [7, 11) is 1.65. The summed E-state index contributed by atoms with van der Waals surface area (Å²) in [6, 6.07) is 16.9. The summed E-state index contributed by atoms with van der Waals surface area (Å²) in [5.41, 5.74) is 2.27. The van der Waals surface area contributed by atoms with Crippen LogP contribution in [0.2, 0.25) is 0 Å². The van der Waals surface area contributed by atoms with Crippen molar-refractivity contribution in [1.82, 2.24) is 9.88 Å². The number of piperazine rings is 1. The van der Waals surface area contributed by atoms with Gasteiger partial charge in [0, 0.05) is 44.8 Å². The van der Waals surface area contributed by atoms with Gasteiger partial charge in [0.2, 0.25) is 11.6 Å². The van der Waals surface area contributed by atoms with Crippen molar-refractivity contribution in [3.63, 3.8) is 0 Å². The highest BCUT2D eigenvalue weighted by molar-refractivity contribution is 6.21. The van der Waals surface area contributed by atoms with E-state index in [9.17, 15) is 14.9 Å². The summed E-state index contributed by atoms with van der Waals surface area (Å²) in [5.74, 6) is 1.20. The van der Waals surface area contributed by atoms with Crippen molar-refractivity contribution in [3.8, 4) is 11.8 Å². The van der Waals surface area contributed by atoms with E-state index in [1.54, 1.807) is 31.4 Å². The zero-order valence-electron chi connectivity index (χ0n) is 19.4. The Bertz CT molecular complexity index is 1250. The minimum Gasteiger partial charge on any atom is -0.497 e. The van der Waals surface area contributed by atoms with E-state index < -0.39 is 0 Å². The molecule has 35 heavy (non-hydrogen) atoms. The Labute approximate surface area is 203 Å². The number of hydrogen-bond donors (Lipinski definition) is 0. The van der Waals surface area contributed by atoms with E-state index >= 15 is 0 Å². The van der Waals surface area contributed by atoms with Gasteiger partial charge in [-0.2, -0.15) is 5.26 Å². The Hall–Kier alpha value is -4.32. The van der Waals surface area contributed by atoms with Crippen LogP contribution in [0.5, 0.6) is 5.75 Å². The number of oxazole rings is 1. The predicted octanol–water partition coefficient (Wildman–Crippen LogP) is 3.11. The fourth-order valence-electron chi connectivity index (χ4n) is 4.54. The molecule has 178 valence electrons. The Morgan fingerprint density at radius 3 is 2.20 bits per heavy atom. The van der Waals surface area contributed by atoms with Crippen LogP contribution < -0.4 is 14.5 Å². The fraction of sp³-hybridized carbons (Fsp3) is 0.308. The van der Waals surface area contributed by atoms with Crippen molar-refractivity contribution in [1.29, 1.82) is 5.26 Å². The molecule has 0 unspecified atom stereocenters. The summed E-state index contributed by atoms with van der Waals surface area (Å²) in [5, 5.41) is 9.59. The molecule has 0 atom stereocenters. The quantitative estimate of drug-likeness (QED) is 0.485. The Balaban J connectivity index is 1.18. The van der Waals surface area contributed by atoms with Crippen molar-refractivity contribution in [3.05, 3.63) is 71.2 Å². The van der Waals surface area contributed by atoms with E-state index in [0.29, 0.717) is 48.8 Å². The van der Waals surface area contributed by atoms with Crippen molar-refractivity contribution >= 4 is 23.4 Å². The van der Waals surface area contributed by atoms with Crippen LogP contribution in [-0.4, -0.2) is 61.5 Å². The molecule has 1 fully saturated rings. The Kier molecular flexibility index (Phi) is 6.10. The van der Waals surface area contributed by atoms with Crippen LogP contribution in [0, 0.1) is 11.3 Å². The van der Waals surface area contributed by atoms with Crippen molar-refractivity contribution in [2.45, 2.75) is 12.8 Å². The van der Waals surface area contributed by atoms with Gasteiger partial charge in [-0.15, -0.1) is 0 Å². The number of fused-ring (bicyclic) bond motifs is 1. The SMILES string of the molecule is COc1ccc(N2CCN(c3oc(CCCN4C(=O)c5ccccc5C4=O)nc3C#N)CC2)cc1. The van der Waals surface area contributed by atoms with E-state index in [4.69, 9.17) is 9.15 Å². The predicted molar refractivity (Wildman–Crippen MR) is 129 cm³/mol. The summed E-state index contributed by atoms with van der Waals surface area (Å²) in [6.07, 6.45) is 0.926. The third kappa shape index (κ3) is 4.30. The van der Waals surface area contributed by atoms with Gasteiger partial charge < -0.3 is 19.0 Å². The number of rotatable bonds is 7. The zero-order valence-corrected chi connectivity index (χ0v) is 19.4. The van der Waals surface area contributed by atoms with Gasteiger partial charge in [-0.3, -0.25) is 14.5 Å². The number of benzene rings is 2. The van der Waals surface area contributed by atoms with Gasteiger partial charge >= 0.3 is 0 Å². The molecule has 2 aliphatic rings. The molecule has 0 N–H and O–H groups in total. The van der Waals surface area contributed by atoms with Gasteiger partial charge in [-0.25, -0.2) is 4.98 Å². The molecule has 9 nitrogen and oxygen atoms in total. The van der Waals surface area contributed by atoms with Gasteiger partial charge in [-0.05, 0) is 42.8 Å². The molecule has 9 heteroatoms. The summed E-state index contributed by atoms with van der Waals surface area (Å²) < 4.78 is 11.2. The lowest BCUT2D eigenvalue weighted by Crippen LogP contribution is -2.46. The van der Waals surface area contributed by atoms with Crippen molar-refractivity contribution in [2.75, 3.05) is 49.6 Å². The second kappa shape index (κ2) is 9.50. The first-order valence-electron chi connectivity index (χ1n) is 11.6. The van der Waals surface area contributed by atoms with E-state index in [0.717, 1.165) is 24.5 Å². The van der Waals surface area contributed by atoms with Crippen molar-refractivity contribution < 1.29 is 18.7 Å². The maximum atomic E-state index is 12.5. The molecular formula is C26H25N5O4. The molecule has 2 amide bonds.